The number of nitrogens with one attached hydrogen (secondary N) is 1. The van der Waals surface area contributed by atoms with Gasteiger partial charge in [-0.25, -0.2) is 4.98 Å². The quantitative estimate of drug-likeness (QED) is 0.359. The molecule has 0 spiro atoms. The third kappa shape index (κ3) is 4.11. The summed E-state index contributed by atoms with van der Waals surface area (Å²) in [5, 5.41) is 11.8. The minimum absolute atomic E-state index is 0.0348. The van der Waals surface area contributed by atoms with Crippen molar-refractivity contribution in [3.05, 3.63) is 52.5 Å². The number of halogens is 1. The van der Waals surface area contributed by atoms with Gasteiger partial charge in [0.05, 0.1) is 18.0 Å². The lowest BCUT2D eigenvalue weighted by Crippen LogP contribution is -2.65. The molecule has 2 N–H and O–H groups in total. The zero-order chi connectivity index (χ0) is 31.4. The van der Waals surface area contributed by atoms with Crippen LogP contribution in [-0.2, 0) is 11.2 Å². The molecule has 238 valence electrons. The monoisotopic (exact) mass is 616 g/mol. The molecule has 0 unspecified atom stereocenters. The van der Waals surface area contributed by atoms with Gasteiger partial charge in [0.25, 0.3) is 0 Å². The SMILES string of the molecule is CC(C)C1=C2[C@H]3CC[C@@H]4[C@@]5(C)CC[C@H](O)C(C)(C)[C@@H]5CC[C@@]4(C)[C@]3(C)CC[C@@]2(Cc2ncc(-c3ccc(Cl)cc3)[nH]2)CC1=O. The van der Waals surface area contributed by atoms with Crippen LogP contribution >= 0.6 is 11.6 Å². The lowest BCUT2D eigenvalue weighted by Gasteiger charge is -2.72. The molecule has 5 aliphatic rings. The molecule has 0 bridgehead atoms. The van der Waals surface area contributed by atoms with E-state index in [9.17, 15) is 9.90 Å². The highest BCUT2D eigenvalue weighted by atomic mass is 35.5. The Hall–Kier alpha value is -1.91. The van der Waals surface area contributed by atoms with E-state index in [1.165, 1.54) is 37.7 Å². The number of aromatic nitrogens is 2. The number of imidazole rings is 1. The molecule has 5 aliphatic carbocycles. The number of carbonyl (C=O) groups excluding carboxylic acids is 1. The maximum Gasteiger partial charge on any atom is 0.160 e. The van der Waals surface area contributed by atoms with Crippen LogP contribution in [0.15, 0.2) is 41.6 Å². The zero-order valence-electron chi connectivity index (χ0n) is 28.0. The Morgan fingerprint density at radius 3 is 2.36 bits per heavy atom. The van der Waals surface area contributed by atoms with Crippen LogP contribution in [0.1, 0.15) is 112 Å². The van der Waals surface area contributed by atoms with E-state index < -0.39 is 0 Å². The van der Waals surface area contributed by atoms with Crippen molar-refractivity contribution in [3.8, 4) is 11.3 Å². The Kier molecular flexibility index (Phi) is 7.01. The molecule has 7 rings (SSSR count). The van der Waals surface area contributed by atoms with Gasteiger partial charge in [-0.1, -0.05) is 77.8 Å². The molecular weight excluding hydrogens is 564 g/mol. The van der Waals surface area contributed by atoms with Crippen LogP contribution in [0.4, 0.5) is 0 Å². The van der Waals surface area contributed by atoms with Crippen LogP contribution in [0.2, 0.25) is 5.02 Å². The molecule has 8 atom stereocenters. The van der Waals surface area contributed by atoms with Gasteiger partial charge < -0.3 is 10.1 Å². The summed E-state index contributed by atoms with van der Waals surface area (Å²) in [5.74, 6) is 3.27. The predicted octanol–water partition coefficient (Wildman–Crippen LogP) is 9.61. The molecule has 0 amide bonds. The number of nitrogens with zero attached hydrogens (tertiary/aromatic N) is 1. The maximum absolute atomic E-state index is 14.0. The normalized spacial score (nSPS) is 41.3. The maximum atomic E-state index is 14.0. The third-order valence-electron chi connectivity index (χ3n) is 14.8. The van der Waals surface area contributed by atoms with E-state index in [4.69, 9.17) is 16.6 Å². The van der Waals surface area contributed by atoms with Gasteiger partial charge in [0, 0.05) is 23.3 Å². The third-order valence-corrected chi connectivity index (χ3v) is 15.1. The van der Waals surface area contributed by atoms with Crippen molar-refractivity contribution < 1.29 is 9.90 Å². The molecule has 44 heavy (non-hydrogen) atoms. The number of ketones is 1. The molecule has 1 heterocycles. The van der Waals surface area contributed by atoms with Gasteiger partial charge in [-0.3, -0.25) is 4.79 Å². The largest absolute Gasteiger partial charge is 0.393 e. The van der Waals surface area contributed by atoms with E-state index in [0.717, 1.165) is 53.4 Å². The lowest BCUT2D eigenvalue weighted by molar-refractivity contribution is -0.228. The highest BCUT2D eigenvalue weighted by Crippen LogP contribution is 2.76. The van der Waals surface area contributed by atoms with Gasteiger partial charge >= 0.3 is 0 Å². The predicted molar refractivity (Wildman–Crippen MR) is 178 cm³/mol. The lowest BCUT2D eigenvalue weighted by atomic mass is 9.33. The average Bonchev–Trinajstić information content (AvgIpc) is 3.53. The molecule has 5 heteroatoms. The fourth-order valence-electron chi connectivity index (χ4n) is 12.5. The minimum atomic E-state index is -0.197. The van der Waals surface area contributed by atoms with Gasteiger partial charge in [-0.05, 0) is 120 Å². The molecule has 4 fully saturated rings. The van der Waals surface area contributed by atoms with E-state index in [1.807, 2.05) is 30.5 Å². The summed E-state index contributed by atoms with van der Waals surface area (Å²) in [6.07, 6.45) is 12.3. The molecule has 4 saturated carbocycles. The average molecular weight is 617 g/mol. The second kappa shape index (κ2) is 10.0. The van der Waals surface area contributed by atoms with Crippen molar-refractivity contribution in [3.63, 3.8) is 0 Å². The first-order valence-electron chi connectivity index (χ1n) is 17.4. The number of H-pyrrole nitrogens is 1. The molecular formula is C39H53ClN2O2. The van der Waals surface area contributed by atoms with E-state index in [2.05, 4.69) is 53.5 Å². The number of aromatic amines is 1. The van der Waals surface area contributed by atoms with Gasteiger partial charge in [0.1, 0.15) is 5.82 Å². The summed E-state index contributed by atoms with van der Waals surface area (Å²) in [6, 6.07) is 7.91. The molecule has 1 aromatic heterocycles. The topological polar surface area (TPSA) is 66.0 Å². The van der Waals surface area contributed by atoms with Crippen molar-refractivity contribution in [1.29, 1.82) is 0 Å². The fraction of sp³-hybridized carbons (Fsp3) is 0.692. The Balaban J connectivity index is 1.26. The number of allylic oxidation sites excluding steroid dienone is 2. The second-order valence-corrected chi connectivity index (χ2v) is 17.7. The van der Waals surface area contributed by atoms with Crippen LogP contribution in [-0.4, -0.2) is 27.0 Å². The summed E-state index contributed by atoms with van der Waals surface area (Å²) in [5.41, 5.74) is 5.21. The molecule has 2 aromatic rings. The summed E-state index contributed by atoms with van der Waals surface area (Å²) in [6.45, 7) is 17.0. The Morgan fingerprint density at radius 1 is 0.932 bits per heavy atom. The van der Waals surface area contributed by atoms with Crippen LogP contribution < -0.4 is 0 Å². The molecule has 4 nitrogen and oxygen atoms in total. The first-order valence-corrected chi connectivity index (χ1v) is 17.8. The van der Waals surface area contributed by atoms with Gasteiger partial charge in [0.15, 0.2) is 5.78 Å². The number of benzene rings is 1. The highest BCUT2D eigenvalue weighted by Gasteiger charge is 2.69. The van der Waals surface area contributed by atoms with Crippen LogP contribution in [0.25, 0.3) is 11.3 Å². The van der Waals surface area contributed by atoms with Gasteiger partial charge in [0.2, 0.25) is 0 Å². The molecule has 0 aliphatic heterocycles. The Morgan fingerprint density at radius 2 is 1.66 bits per heavy atom. The smallest absolute Gasteiger partial charge is 0.160 e. The zero-order valence-corrected chi connectivity index (χ0v) is 28.8. The van der Waals surface area contributed by atoms with Crippen molar-refractivity contribution in [2.75, 3.05) is 0 Å². The van der Waals surface area contributed by atoms with Crippen molar-refractivity contribution >= 4 is 17.4 Å². The van der Waals surface area contributed by atoms with Crippen LogP contribution in [0.3, 0.4) is 0 Å². The van der Waals surface area contributed by atoms with E-state index in [1.54, 1.807) is 0 Å². The number of aliphatic hydroxyl groups is 1. The number of fused-ring (bicyclic) bond motifs is 7. The number of rotatable bonds is 4. The molecule has 0 saturated heterocycles. The van der Waals surface area contributed by atoms with Crippen molar-refractivity contribution in [2.24, 2.45) is 50.7 Å². The number of hydrogen-bond donors (Lipinski definition) is 2. The first-order chi connectivity index (χ1) is 20.7. The Bertz CT molecular complexity index is 1500. The minimum Gasteiger partial charge on any atom is -0.393 e. The van der Waals surface area contributed by atoms with Crippen molar-refractivity contribution in [2.45, 2.75) is 119 Å². The Labute approximate surface area is 269 Å². The molecule has 0 radical (unpaired) electrons. The number of aliphatic hydroxyl groups excluding tert-OH is 1. The summed E-state index contributed by atoms with van der Waals surface area (Å²) in [7, 11) is 0. The van der Waals surface area contributed by atoms with Gasteiger partial charge in [-0.2, -0.15) is 0 Å². The van der Waals surface area contributed by atoms with E-state index >= 15 is 0 Å². The van der Waals surface area contributed by atoms with E-state index in [-0.39, 0.29) is 39.1 Å². The second-order valence-electron chi connectivity index (χ2n) is 17.3. The first kappa shape index (κ1) is 30.7. The number of Topliss-reactive ketones (excluding diaryl/α,β-unsaturated/α-hetero) is 1. The van der Waals surface area contributed by atoms with Gasteiger partial charge in [-0.15, -0.1) is 0 Å². The highest BCUT2D eigenvalue weighted by molar-refractivity contribution is 6.30. The van der Waals surface area contributed by atoms with E-state index in [0.29, 0.717) is 30.0 Å². The standard InChI is InChI=1S/C39H53ClN2O2/c1-23(2)33-28(43)20-39(21-32-41-22-27(42-32)24-8-10-25(40)11-9-24)19-18-37(6)26(34(33)39)12-13-30-36(5)16-15-31(44)35(3,4)29(36)14-17-38(30,37)7/h8-11,22-23,26,29-31,44H,12-21H2,1-7H3,(H,41,42)/t26-,29+,30-,31+,36+,37-,38-,39+/m1/s1. The molecule has 1 aromatic carbocycles. The summed E-state index contributed by atoms with van der Waals surface area (Å²) in [4.78, 5) is 22.5. The summed E-state index contributed by atoms with van der Waals surface area (Å²) >= 11 is 6.15. The fourth-order valence-corrected chi connectivity index (χ4v) is 12.6. The number of carbonyl (C=O) groups is 1. The number of hydrogen-bond acceptors (Lipinski definition) is 3. The van der Waals surface area contributed by atoms with Crippen LogP contribution in [0, 0.1) is 50.7 Å². The summed E-state index contributed by atoms with van der Waals surface area (Å²) < 4.78 is 0. The van der Waals surface area contributed by atoms with Crippen LogP contribution in [0.5, 0.6) is 0 Å². The van der Waals surface area contributed by atoms with Crippen molar-refractivity contribution in [1.82, 2.24) is 9.97 Å².